The van der Waals surface area contributed by atoms with Crippen LogP contribution in [0.4, 0.5) is 11.4 Å². The first-order valence-corrected chi connectivity index (χ1v) is 11.2. The molecule has 3 aromatic rings. The maximum atomic E-state index is 12.4. The molecule has 8 nitrogen and oxygen atoms in total. The van der Waals surface area contributed by atoms with E-state index in [1.54, 1.807) is 30.3 Å². The molecule has 0 aliphatic rings. The number of nitrogens with zero attached hydrogens (tertiary/aromatic N) is 1. The van der Waals surface area contributed by atoms with Crippen molar-refractivity contribution in [2.75, 3.05) is 18.4 Å². The number of amides is 1. The van der Waals surface area contributed by atoms with E-state index < -0.39 is 4.92 Å². The number of thiocarbonyl (C=S) groups is 1. The molecule has 3 aromatic carbocycles. The highest BCUT2D eigenvalue weighted by Gasteiger charge is 2.10. The molecule has 10 heteroatoms. The van der Waals surface area contributed by atoms with Gasteiger partial charge in [-0.2, -0.15) is 0 Å². The fraction of sp³-hybridized carbons (Fsp3) is 0.167. The number of ether oxygens (including phenoxy) is 1. The van der Waals surface area contributed by atoms with E-state index in [1.165, 1.54) is 12.1 Å². The molecule has 176 valence electrons. The second kappa shape index (κ2) is 12.5. The normalized spacial score (nSPS) is 10.3. The lowest BCUT2D eigenvalue weighted by Crippen LogP contribution is -2.39. The van der Waals surface area contributed by atoms with E-state index in [2.05, 4.69) is 16.0 Å². The molecular weight excluding hydrogens is 476 g/mol. The first-order chi connectivity index (χ1) is 16.4. The first kappa shape index (κ1) is 24.9. The molecule has 0 heterocycles. The Hall–Kier alpha value is -3.69. The molecule has 3 rings (SSSR count). The maximum absolute atomic E-state index is 12.4. The molecule has 0 bridgehead atoms. The Labute approximate surface area is 207 Å². The molecule has 0 aromatic heterocycles. The van der Waals surface area contributed by atoms with Crippen molar-refractivity contribution in [2.24, 2.45) is 0 Å². The van der Waals surface area contributed by atoms with Gasteiger partial charge < -0.3 is 15.4 Å². The summed E-state index contributed by atoms with van der Waals surface area (Å²) in [6.45, 7) is 1.53. The number of nitro benzene ring substituents is 1. The Morgan fingerprint density at radius 2 is 1.76 bits per heavy atom. The Bertz CT molecular complexity index is 1140. The topological polar surface area (TPSA) is 106 Å². The Kier molecular flexibility index (Phi) is 9.19. The number of hydrogen-bond acceptors (Lipinski definition) is 6. The van der Waals surface area contributed by atoms with Gasteiger partial charge in [0.25, 0.3) is 11.6 Å². The van der Waals surface area contributed by atoms with Crippen LogP contribution in [0.1, 0.15) is 22.3 Å². The predicted octanol–water partition coefficient (Wildman–Crippen LogP) is 4.93. The second-order valence-corrected chi connectivity index (χ2v) is 8.03. The molecule has 3 N–H and O–H groups in total. The minimum Gasteiger partial charge on any atom is -0.489 e. The monoisotopic (exact) mass is 498 g/mol. The zero-order valence-electron chi connectivity index (χ0n) is 18.1. The molecule has 1 amide bonds. The highest BCUT2D eigenvalue weighted by molar-refractivity contribution is 7.80. The largest absolute Gasteiger partial charge is 0.489 e. The van der Waals surface area contributed by atoms with Crippen LogP contribution in [-0.2, 0) is 6.61 Å². The standard InChI is InChI=1S/C24H23ClN4O4S/c25-21-15-19(29(31)32)9-12-22(21)26-13-4-14-27-24(34)28-23(30)18-7-10-20(11-8-18)33-16-17-5-2-1-3-6-17/h1-3,5-12,15,26H,4,13-14,16H2,(H2,27,28,30,34). The van der Waals surface area contributed by atoms with Gasteiger partial charge in [-0.25, -0.2) is 0 Å². The summed E-state index contributed by atoms with van der Waals surface area (Å²) in [7, 11) is 0. The molecule has 34 heavy (non-hydrogen) atoms. The van der Waals surface area contributed by atoms with Gasteiger partial charge in [0.1, 0.15) is 12.4 Å². The molecule has 0 saturated carbocycles. The molecule has 0 fully saturated rings. The third-order valence-electron chi connectivity index (χ3n) is 4.71. The third-order valence-corrected chi connectivity index (χ3v) is 5.27. The second-order valence-electron chi connectivity index (χ2n) is 7.21. The molecule has 0 unspecified atom stereocenters. The van der Waals surface area contributed by atoms with E-state index in [0.717, 1.165) is 5.56 Å². The average Bonchev–Trinajstić information content (AvgIpc) is 2.84. The number of hydrogen-bond donors (Lipinski definition) is 3. The van der Waals surface area contributed by atoms with Crippen molar-refractivity contribution in [3.05, 3.63) is 99.1 Å². The van der Waals surface area contributed by atoms with Crippen LogP contribution in [0.15, 0.2) is 72.8 Å². The van der Waals surface area contributed by atoms with Crippen molar-refractivity contribution in [3.8, 4) is 5.75 Å². The van der Waals surface area contributed by atoms with E-state index in [-0.39, 0.29) is 21.7 Å². The SMILES string of the molecule is O=C(NC(=S)NCCCNc1ccc([N+](=O)[O-])cc1Cl)c1ccc(OCc2ccccc2)cc1. The van der Waals surface area contributed by atoms with E-state index >= 15 is 0 Å². The van der Waals surface area contributed by atoms with Gasteiger partial charge in [-0.1, -0.05) is 41.9 Å². The number of nitrogens with one attached hydrogen (secondary N) is 3. The van der Waals surface area contributed by atoms with Crippen LogP contribution in [0.2, 0.25) is 5.02 Å². The van der Waals surface area contributed by atoms with Crippen molar-refractivity contribution in [1.29, 1.82) is 0 Å². The quantitative estimate of drug-likeness (QED) is 0.157. The summed E-state index contributed by atoms with van der Waals surface area (Å²) >= 11 is 11.2. The van der Waals surface area contributed by atoms with Crippen LogP contribution >= 0.6 is 23.8 Å². The fourth-order valence-corrected chi connectivity index (χ4v) is 3.37. The number of carbonyl (C=O) groups is 1. The van der Waals surface area contributed by atoms with Crippen molar-refractivity contribution < 1.29 is 14.5 Å². The van der Waals surface area contributed by atoms with E-state index in [4.69, 9.17) is 28.6 Å². The Morgan fingerprint density at radius 1 is 1.03 bits per heavy atom. The summed E-state index contributed by atoms with van der Waals surface area (Å²) in [5, 5.41) is 20.0. The smallest absolute Gasteiger partial charge is 0.271 e. The first-order valence-electron chi connectivity index (χ1n) is 10.5. The Balaban J connectivity index is 1.35. The molecule has 0 spiro atoms. The van der Waals surface area contributed by atoms with Crippen molar-refractivity contribution in [2.45, 2.75) is 13.0 Å². The summed E-state index contributed by atoms with van der Waals surface area (Å²) < 4.78 is 5.73. The number of benzene rings is 3. The van der Waals surface area contributed by atoms with Crippen LogP contribution < -0.4 is 20.7 Å². The minimum atomic E-state index is -0.497. The lowest BCUT2D eigenvalue weighted by atomic mass is 10.2. The van der Waals surface area contributed by atoms with Gasteiger partial charge in [-0.05, 0) is 54.5 Å². The fourth-order valence-electron chi connectivity index (χ4n) is 2.94. The number of carbonyl (C=O) groups excluding carboxylic acids is 1. The van der Waals surface area contributed by atoms with Crippen molar-refractivity contribution >= 4 is 46.2 Å². The number of nitro groups is 1. The highest BCUT2D eigenvalue weighted by atomic mass is 35.5. The molecule has 0 aliphatic carbocycles. The zero-order valence-corrected chi connectivity index (χ0v) is 19.7. The van der Waals surface area contributed by atoms with Gasteiger partial charge >= 0.3 is 0 Å². The van der Waals surface area contributed by atoms with Crippen LogP contribution in [0, 0.1) is 10.1 Å². The van der Waals surface area contributed by atoms with Crippen LogP contribution in [-0.4, -0.2) is 29.0 Å². The average molecular weight is 499 g/mol. The lowest BCUT2D eigenvalue weighted by molar-refractivity contribution is -0.384. The molecule has 0 radical (unpaired) electrons. The van der Waals surface area contributed by atoms with Gasteiger partial charge in [0.15, 0.2) is 5.11 Å². The number of anilines is 1. The number of halogens is 1. The Morgan fingerprint density at radius 3 is 2.44 bits per heavy atom. The maximum Gasteiger partial charge on any atom is 0.271 e. The zero-order chi connectivity index (χ0) is 24.3. The van der Waals surface area contributed by atoms with Gasteiger partial charge in [0.05, 0.1) is 15.6 Å². The molecule has 0 atom stereocenters. The molecule has 0 saturated heterocycles. The van der Waals surface area contributed by atoms with Crippen molar-refractivity contribution in [1.82, 2.24) is 10.6 Å². The summed E-state index contributed by atoms with van der Waals surface area (Å²) in [6, 6.07) is 20.9. The van der Waals surface area contributed by atoms with Gasteiger partial charge in [-0.15, -0.1) is 0 Å². The lowest BCUT2D eigenvalue weighted by Gasteiger charge is -2.11. The van der Waals surface area contributed by atoms with E-state index in [0.29, 0.717) is 43.1 Å². The summed E-state index contributed by atoms with van der Waals surface area (Å²) in [4.78, 5) is 22.6. The number of non-ortho nitro benzene ring substituents is 1. The van der Waals surface area contributed by atoms with Gasteiger partial charge in [0.2, 0.25) is 0 Å². The summed E-state index contributed by atoms with van der Waals surface area (Å²) in [5.74, 6) is 0.352. The van der Waals surface area contributed by atoms with Crippen LogP contribution in [0.3, 0.4) is 0 Å². The van der Waals surface area contributed by atoms with Gasteiger partial charge in [0, 0.05) is 30.8 Å². The minimum absolute atomic E-state index is 0.0624. The summed E-state index contributed by atoms with van der Waals surface area (Å²) in [6.07, 6.45) is 0.677. The molecular formula is C24H23ClN4O4S. The van der Waals surface area contributed by atoms with Crippen molar-refractivity contribution in [3.63, 3.8) is 0 Å². The van der Waals surface area contributed by atoms with E-state index in [1.807, 2.05) is 30.3 Å². The highest BCUT2D eigenvalue weighted by Crippen LogP contribution is 2.26. The molecule has 0 aliphatic heterocycles. The van der Waals surface area contributed by atoms with E-state index in [9.17, 15) is 14.9 Å². The predicted molar refractivity (Wildman–Crippen MR) is 136 cm³/mol. The van der Waals surface area contributed by atoms with Crippen LogP contribution in [0.5, 0.6) is 5.75 Å². The third kappa shape index (κ3) is 7.72. The van der Waals surface area contributed by atoms with Crippen LogP contribution in [0.25, 0.3) is 0 Å². The number of rotatable bonds is 10. The van der Waals surface area contributed by atoms with Gasteiger partial charge in [-0.3, -0.25) is 20.2 Å². The summed E-state index contributed by atoms with van der Waals surface area (Å²) in [5.41, 5.74) is 2.07.